The third-order valence-electron chi connectivity index (χ3n) is 3.81. The SMILES string of the molecule is CCCCC(=O)Nc1ccc(C(=O)NN=C(C)c2ccccc2O)cc1. The molecular formula is C20H23N3O3. The number of phenols is 1. The summed E-state index contributed by atoms with van der Waals surface area (Å²) in [6.07, 6.45) is 2.30. The van der Waals surface area contributed by atoms with E-state index in [1.807, 2.05) is 6.92 Å². The number of aromatic hydroxyl groups is 1. The van der Waals surface area contributed by atoms with Crippen molar-refractivity contribution in [3.05, 3.63) is 59.7 Å². The molecule has 6 nitrogen and oxygen atoms in total. The zero-order valence-electron chi connectivity index (χ0n) is 15.0. The van der Waals surface area contributed by atoms with Crippen LogP contribution in [0.25, 0.3) is 0 Å². The van der Waals surface area contributed by atoms with Crippen LogP contribution in [0.3, 0.4) is 0 Å². The molecule has 136 valence electrons. The lowest BCUT2D eigenvalue weighted by atomic mass is 10.1. The Bertz CT molecular complexity index is 798. The summed E-state index contributed by atoms with van der Waals surface area (Å²) in [7, 11) is 0. The number of para-hydroxylation sites is 1. The Morgan fingerprint density at radius 3 is 2.42 bits per heavy atom. The molecule has 0 unspecified atom stereocenters. The van der Waals surface area contributed by atoms with Crippen LogP contribution in [0.2, 0.25) is 0 Å². The molecule has 0 aliphatic carbocycles. The summed E-state index contributed by atoms with van der Waals surface area (Å²) in [5, 5.41) is 16.6. The summed E-state index contributed by atoms with van der Waals surface area (Å²) < 4.78 is 0. The van der Waals surface area contributed by atoms with E-state index in [1.165, 1.54) is 0 Å². The highest BCUT2D eigenvalue weighted by Crippen LogP contribution is 2.16. The zero-order chi connectivity index (χ0) is 18.9. The number of rotatable bonds is 7. The summed E-state index contributed by atoms with van der Waals surface area (Å²) in [4.78, 5) is 23.9. The molecule has 3 N–H and O–H groups in total. The lowest BCUT2D eigenvalue weighted by Gasteiger charge is -2.07. The van der Waals surface area contributed by atoms with Gasteiger partial charge in [0.1, 0.15) is 5.75 Å². The fourth-order valence-electron chi connectivity index (χ4n) is 2.30. The minimum Gasteiger partial charge on any atom is -0.507 e. The molecular weight excluding hydrogens is 330 g/mol. The van der Waals surface area contributed by atoms with Gasteiger partial charge in [0.05, 0.1) is 5.71 Å². The van der Waals surface area contributed by atoms with Gasteiger partial charge in [-0.1, -0.05) is 25.5 Å². The number of anilines is 1. The van der Waals surface area contributed by atoms with Gasteiger partial charge in [0, 0.05) is 23.2 Å². The molecule has 2 aromatic rings. The fourth-order valence-corrected chi connectivity index (χ4v) is 2.30. The lowest BCUT2D eigenvalue weighted by molar-refractivity contribution is -0.116. The number of hydrogen-bond acceptors (Lipinski definition) is 4. The third-order valence-corrected chi connectivity index (χ3v) is 3.81. The van der Waals surface area contributed by atoms with Crippen molar-refractivity contribution in [2.75, 3.05) is 5.32 Å². The van der Waals surface area contributed by atoms with Gasteiger partial charge in [-0.3, -0.25) is 9.59 Å². The number of hydrogen-bond donors (Lipinski definition) is 3. The molecule has 26 heavy (non-hydrogen) atoms. The van der Waals surface area contributed by atoms with Crippen molar-refractivity contribution >= 4 is 23.2 Å². The summed E-state index contributed by atoms with van der Waals surface area (Å²) in [5.41, 5.74) is 4.58. The van der Waals surface area contributed by atoms with Crippen LogP contribution in [0.1, 0.15) is 49.0 Å². The van der Waals surface area contributed by atoms with Crippen molar-refractivity contribution in [3.63, 3.8) is 0 Å². The number of phenolic OH excluding ortho intramolecular Hbond substituents is 1. The van der Waals surface area contributed by atoms with E-state index >= 15 is 0 Å². The second-order valence-electron chi connectivity index (χ2n) is 5.88. The zero-order valence-corrected chi connectivity index (χ0v) is 15.0. The largest absolute Gasteiger partial charge is 0.507 e. The number of amides is 2. The number of benzene rings is 2. The quantitative estimate of drug-likeness (QED) is 0.524. The van der Waals surface area contributed by atoms with Crippen LogP contribution in [0.4, 0.5) is 5.69 Å². The Labute approximate surface area is 152 Å². The van der Waals surface area contributed by atoms with E-state index in [2.05, 4.69) is 15.8 Å². The van der Waals surface area contributed by atoms with E-state index in [4.69, 9.17) is 0 Å². The van der Waals surface area contributed by atoms with Crippen molar-refractivity contribution in [1.29, 1.82) is 0 Å². The number of nitrogens with one attached hydrogen (secondary N) is 2. The first-order valence-electron chi connectivity index (χ1n) is 8.54. The number of carbonyl (C=O) groups excluding carboxylic acids is 2. The van der Waals surface area contributed by atoms with Crippen LogP contribution in [0.15, 0.2) is 53.6 Å². The van der Waals surface area contributed by atoms with Gasteiger partial charge in [-0.15, -0.1) is 0 Å². The molecule has 0 fully saturated rings. The Morgan fingerprint density at radius 1 is 1.08 bits per heavy atom. The molecule has 2 rings (SSSR count). The molecule has 0 spiro atoms. The molecule has 0 atom stereocenters. The maximum Gasteiger partial charge on any atom is 0.271 e. The summed E-state index contributed by atoms with van der Waals surface area (Å²) in [5.74, 6) is -0.304. The van der Waals surface area contributed by atoms with Gasteiger partial charge >= 0.3 is 0 Å². The second-order valence-corrected chi connectivity index (χ2v) is 5.88. The van der Waals surface area contributed by atoms with Gasteiger partial charge in [0.25, 0.3) is 5.91 Å². The Morgan fingerprint density at radius 2 is 1.77 bits per heavy atom. The molecule has 0 saturated carbocycles. The summed E-state index contributed by atoms with van der Waals surface area (Å²) in [6.45, 7) is 3.73. The normalized spacial score (nSPS) is 11.1. The Balaban J connectivity index is 1.96. The van der Waals surface area contributed by atoms with Crippen LogP contribution < -0.4 is 10.7 Å². The van der Waals surface area contributed by atoms with Crippen LogP contribution in [0.5, 0.6) is 5.75 Å². The van der Waals surface area contributed by atoms with Crippen LogP contribution in [-0.4, -0.2) is 22.6 Å². The minimum absolute atomic E-state index is 0.0352. The number of unbranched alkanes of at least 4 members (excludes halogenated alkanes) is 1. The topological polar surface area (TPSA) is 90.8 Å². The molecule has 0 radical (unpaired) electrons. The number of nitrogens with zero attached hydrogens (tertiary/aromatic N) is 1. The molecule has 0 aromatic heterocycles. The maximum absolute atomic E-state index is 12.2. The molecule has 0 aliphatic heterocycles. The highest BCUT2D eigenvalue weighted by molar-refractivity contribution is 6.02. The first-order chi connectivity index (χ1) is 12.5. The number of hydrazone groups is 1. The molecule has 0 heterocycles. The minimum atomic E-state index is -0.372. The van der Waals surface area contributed by atoms with E-state index < -0.39 is 0 Å². The van der Waals surface area contributed by atoms with Gasteiger partial charge in [-0.05, 0) is 49.7 Å². The summed E-state index contributed by atoms with van der Waals surface area (Å²) >= 11 is 0. The second kappa shape index (κ2) is 9.36. The highest BCUT2D eigenvalue weighted by Gasteiger charge is 2.08. The predicted octanol–water partition coefficient (Wildman–Crippen LogP) is 3.67. The molecule has 6 heteroatoms. The van der Waals surface area contributed by atoms with Crippen molar-refractivity contribution in [2.45, 2.75) is 33.1 Å². The van der Waals surface area contributed by atoms with Crippen LogP contribution in [-0.2, 0) is 4.79 Å². The maximum atomic E-state index is 12.2. The van der Waals surface area contributed by atoms with Crippen molar-refractivity contribution in [2.24, 2.45) is 5.10 Å². The average molecular weight is 353 g/mol. The van der Waals surface area contributed by atoms with Crippen molar-refractivity contribution in [1.82, 2.24) is 5.43 Å². The first kappa shape index (κ1) is 19.2. The van der Waals surface area contributed by atoms with Crippen LogP contribution in [0, 0.1) is 0 Å². The molecule has 0 saturated heterocycles. The van der Waals surface area contributed by atoms with Gasteiger partial charge in [-0.25, -0.2) is 5.43 Å². The van der Waals surface area contributed by atoms with Gasteiger partial charge in [0.2, 0.25) is 5.91 Å². The molecule has 0 bridgehead atoms. The van der Waals surface area contributed by atoms with E-state index in [0.29, 0.717) is 28.9 Å². The van der Waals surface area contributed by atoms with E-state index in [0.717, 1.165) is 12.8 Å². The molecule has 2 amide bonds. The van der Waals surface area contributed by atoms with E-state index in [9.17, 15) is 14.7 Å². The lowest BCUT2D eigenvalue weighted by Crippen LogP contribution is -2.19. The summed E-state index contributed by atoms with van der Waals surface area (Å²) in [6, 6.07) is 13.4. The van der Waals surface area contributed by atoms with Crippen molar-refractivity contribution in [3.8, 4) is 5.75 Å². The highest BCUT2D eigenvalue weighted by atomic mass is 16.3. The molecule has 2 aromatic carbocycles. The van der Waals surface area contributed by atoms with E-state index in [1.54, 1.807) is 55.5 Å². The molecule has 0 aliphatic rings. The van der Waals surface area contributed by atoms with Crippen molar-refractivity contribution < 1.29 is 14.7 Å². The Hall–Kier alpha value is -3.15. The first-order valence-corrected chi connectivity index (χ1v) is 8.54. The predicted molar refractivity (Wildman–Crippen MR) is 102 cm³/mol. The third kappa shape index (κ3) is 5.44. The van der Waals surface area contributed by atoms with Crippen LogP contribution >= 0.6 is 0 Å². The van der Waals surface area contributed by atoms with Gasteiger partial charge in [0.15, 0.2) is 0 Å². The standard InChI is InChI=1S/C20H23N3O3/c1-3-4-9-19(25)21-16-12-10-15(11-13-16)20(26)23-22-14(2)17-7-5-6-8-18(17)24/h5-8,10-13,24H,3-4,9H2,1-2H3,(H,21,25)(H,23,26). The Kier molecular flexibility index (Phi) is 6.91. The monoisotopic (exact) mass is 353 g/mol. The number of carbonyl (C=O) groups is 2. The average Bonchev–Trinajstić information content (AvgIpc) is 2.65. The van der Waals surface area contributed by atoms with E-state index in [-0.39, 0.29) is 17.6 Å². The van der Waals surface area contributed by atoms with Gasteiger partial charge in [-0.2, -0.15) is 5.10 Å². The van der Waals surface area contributed by atoms with Gasteiger partial charge < -0.3 is 10.4 Å². The smallest absolute Gasteiger partial charge is 0.271 e. The fraction of sp³-hybridized carbons (Fsp3) is 0.250.